The zero-order valence-corrected chi connectivity index (χ0v) is 28.6. The van der Waals surface area contributed by atoms with Gasteiger partial charge in [0.15, 0.2) is 0 Å². The van der Waals surface area contributed by atoms with Crippen molar-refractivity contribution in [1.29, 1.82) is 0 Å². The van der Waals surface area contributed by atoms with E-state index in [2.05, 4.69) is 138 Å². The van der Waals surface area contributed by atoms with Crippen molar-refractivity contribution in [2.75, 3.05) is 0 Å². The fourth-order valence-electron chi connectivity index (χ4n) is 7.24. The van der Waals surface area contributed by atoms with Gasteiger partial charge in [0, 0.05) is 43.2 Å². The predicted octanol–water partition coefficient (Wildman–Crippen LogP) is 9.02. The van der Waals surface area contributed by atoms with Gasteiger partial charge in [-0.05, 0) is 33.7 Å². The Morgan fingerprint density at radius 1 is 0.354 bits per heavy atom. The van der Waals surface area contributed by atoms with Gasteiger partial charge in [0.05, 0.1) is 0 Å². The molecule has 0 unspecified atom stereocenters. The summed E-state index contributed by atoms with van der Waals surface area (Å²) in [6.07, 6.45) is 0. The minimum Gasteiger partial charge on any atom is -0.324 e. The van der Waals surface area contributed by atoms with Gasteiger partial charge in [-0.25, -0.2) is 29.9 Å². The van der Waals surface area contributed by atoms with Gasteiger partial charge in [-0.3, -0.25) is 0 Å². The molecule has 0 atom stereocenters. The maximum atomic E-state index is 5.36. The van der Waals surface area contributed by atoms with Gasteiger partial charge in [-0.15, -0.1) is 0 Å². The molecule has 7 aromatic rings. The van der Waals surface area contributed by atoms with Crippen LogP contribution in [0.5, 0.6) is 0 Å². The smallest absolute Gasteiger partial charge is 0.142 e. The van der Waals surface area contributed by atoms with Crippen LogP contribution in [0.1, 0.15) is 78.7 Å². The van der Waals surface area contributed by atoms with Crippen molar-refractivity contribution in [2.24, 2.45) is 0 Å². The summed E-state index contributed by atoms with van der Waals surface area (Å²) < 4.78 is 0. The van der Waals surface area contributed by atoms with E-state index in [1.54, 1.807) is 0 Å². The molecule has 8 nitrogen and oxygen atoms in total. The van der Waals surface area contributed by atoms with Crippen molar-refractivity contribution in [3.8, 4) is 0 Å². The number of benzene rings is 4. The molecule has 0 amide bonds. The van der Waals surface area contributed by atoms with Crippen molar-refractivity contribution < 1.29 is 0 Å². The molecule has 0 spiro atoms. The molecule has 8 bridgehead atoms. The van der Waals surface area contributed by atoms with E-state index in [4.69, 9.17) is 29.9 Å². The SMILES string of the molecule is CC1(C)c2nc3nc(nc4[nH]c(nc5[nH]c(nc(n2)C1(C)C)c1ccc2ccccc2c51)c1ccc2ccccc2c41)C(C)(C)C3(C)C. The number of H-pyrrole nitrogens is 2. The number of hydrogen-bond donors (Lipinski definition) is 2. The summed E-state index contributed by atoms with van der Waals surface area (Å²) in [5.74, 6) is 2.91. The Bertz CT molecular complexity index is 2690. The largest absolute Gasteiger partial charge is 0.324 e. The number of aromatic nitrogens is 8. The van der Waals surface area contributed by atoms with Crippen LogP contribution in [-0.4, -0.2) is 39.9 Å². The van der Waals surface area contributed by atoms with Crippen LogP contribution in [0.4, 0.5) is 0 Å². The third-order valence-corrected chi connectivity index (χ3v) is 12.0. The van der Waals surface area contributed by atoms with E-state index in [0.29, 0.717) is 0 Å². The van der Waals surface area contributed by atoms with E-state index in [-0.39, 0.29) is 0 Å². The highest BCUT2D eigenvalue weighted by Gasteiger charge is 2.52. The van der Waals surface area contributed by atoms with Crippen molar-refractivity contribution in [1.82, 2.24) is 39.9 Å². The topological polar surface area (TPSA) is 109 Å². The van der Waals surface area contributed by atoms with Gasteiger partial charge in [0.25, 0.3) is 0 Å². The summed E-state index contributed by atoms with van der Waals surface area (Å²) in [6, 6.07) is 25.4. The van der Waals surface area contributed by atoms with Crippen molar-refractivity contribution in [3.63, 3.8) is 0 Å². The second-order valence-corrected chi connectivity index (χ2v) is 15.5. The Morgan fingerprint density at radius 3 is 1.17 bits per heavy atom. The molecule has 0 fully saturated rings. The third-order valence-electron chi connectivity index (χ3n) is 12.0. The van der Waals surface area contributed by atoms with Gasteiger partial charge >= 0.3 is 0 Å². The lowest BCUT2D eigenvalue weighted by Gasteiger charge is -2.34. The summed E-state index contributed by atoms with van der Waals surface area (Å²) in [7, 11) is 0. The first-order valence-corrected chi connectivity index (χ1v) is 16.7. The lowest BCUT2D eigenvalue weighted by Crippen LogP contribution is -2.39. The Balaban J connectivity index is 1.56. The monoisotopic (exact) mass is 630 g/mol. The second-order valence-electron chi connectivity index (χ2n) is 15.5. The molecule has 48 heavy (non-hydrogen) atoms. The molecule has 0 saturated heterocycles. The molecular formula is C40H38N8. The highest BCUT2D eigenvalue weighted by Crippen LogP contribution is 2.48. The Labute approximate surface area is 278 Å². The molecule has 5 heterocycles. The number of aromatic amines is 2. The highest BCUT2D eigenvalue weighted by molar-refractivity contribution is 6.21. The number of hydrogen-bond acceptors (Lipinski definition) is 6. The molecule has 4 aromatic carbocycles. The molecular weight excluding hydrogens is 592 g/mol. The van der Waals surface area contributed by atoms with Crippen LogP contribution >= 0.6 is 0 Å². The fraction of sp³-hybridized carbons (Fsp3) is 0.300. The predicted molar refractivity (Wildman–Crippen MR) is 194 cm³/mol. The number of fused-ring (bicyclic) bond motifs is 18. The minimum absolute atomic E-state index is 0.409. The quantitative estimate of drug-likeness (QED) is 0.173. The van der Waals surface area contributed by atoms with Crippen molar-refractivity contribution in [3.05, 3.63) is 96.1 Å². The number of nitrogens with one attached hydrogen (secondary N) is 2. The zero-order valence-electron chi connectivity index (χ0n) is 28.6. The summed E-state index contributed by atoms with van der Waals surface area (Å²) >= 11 is 0. The van der Waals surface area contributed by atoms with Crippen LogP contribution in [0.3, 0.4) is 0 Å². The van der Waals surface area contributed by atoms with E-state index >= 15 is 0 Å². The van der Waals surface area contributed by atoms with Crippen molar-refractivity contribution in [2.45, 2.75) is 77.0 Å². The lowest BCUT2D eigenvalue weighted by molar-refractivity contribution is 0.295. The van der Waals surface area contributed by atoms with Gasteiger partial charge in [0.2, 0.25) is 0 Å². The number of rotatable bonds is 0. The van der Waals surface area contributed by atoms with E-state index in [1.807, 2.05) is 0 Å². The van der Waals surface area contributed by atoms with Crippen LogP contribution in [-0.2, 0) is 21.7 Å². The average molecular weight is 631 g/mol. The molecule has 2 N–H and O–H groups in total. The van der Waals surface area contributed by atoms with Crippen LogP contribution in [0.15, 0.2) is 72.8 Å². The molecule has 238 valence electrons. The molecule has 0 radical (unpaired) electrons. The third kappa shape index (κ3) is 3.66. The lowest BCUT2D eigenvalue weighted by atomic mass is 9.68. The van der Waals surface area contributed by atoms with Crippen LogP contribution in [0, 0.1) is 0 Å². The van der Waals surface area contributed by atoms with Crippen LogP contribution < -0.4 is 0 Å². The summed E-state index contributed by atoms with van der Waals surface area (Å²) in [5.41, 5.74) is 1.27. The summed E-state index contributed by atoms with van der Waals surface area (Å²) in [4.78, 5) is 38.9. The number of nitrogens with zero attached hydrogens (tertiary/aromatic N) is 6. The Hall–Kier alpha value is -5.24. The molecule has 9 rings (SSSR count). The first-order chi connectivity index (χ1) is 22.8. The van der Waals surface area contributed by atoms with E-state index in [0.717, 1.165) is 89.0 Å². The Kier molecular flexibility index (Phi) is 5.56. The second kappa shape index (κ2) is 9.22. The normalized spacial score (nSPS) is 17.8. The molecule has 0 aliphatic carbocycles. The first-order valence-electron chi connectivity index (χ1n) is 16.7. The summed E-state index contributed by atoms with van der Waals surface area (Å²) in [6.45, 7) is 17.6. The van der Waals surface area contributed by atoms with Gasteiger partial charge in [-0.1, -0.05) is 116 Å². The van der Waals surface area contributed by atoms with Crippen LogP contribution in [0.2, 0.25) is 0 Å². The van der Waals surface area contributed by atoms with E-state index in [9.17, 15) is 0 Å². The highest BCUT2D eigenvalue weighted by atomic mass is 15.1. The molecule has 3 aromatic heterocycles. The molecule has 8 heteroatoms. The maximum Gasteiger partial charge on any atom is 0.142 e. The van der Waals surface area contributed by atoms with Crippen molar-refractivity contribution >= 4 is 65.7 Å². The molecule has 2 aliphatic heterocycles. The van der Waals surface area contributed by atoms with Gasteiger partial charge in [0.1, 0.15) is 45.9 Å². The minimum atomic E-state index is -0.419. The maximum absolute atomic E-state index is 5.36. The van der Waals surface area contributed by atoms with E-state index in [1.165, 1.54) is 0 Å². The van der Waals surface area contributed by atoms with Crippen LogP contribution in [0.25, 0.3) is 65.7 Å². The average Bonchev–Trinajstić information content (AvgIpc) is 3.68. The standard InChI is InChI=1S/C40H38N8/c1-37(2)33-44-30-26-20-18-21-13-9-11-15-23(21)27(26)31(43-30)41-29-25-19-17-22-14-10-12-16-24(22)28(25)32(42-29)45-34-38(3,4)40(7,8)36(47-34)48-35(46-33)39(37,5)6/h9-20H,1-8H3,(H2,41,42,43,44,45,46,47,48). The Morgan fingerprint density at radius 2 is 0.708 bits per heavy atom. The molecule has 2 aliphatic rings. The van der Waals surface area contributed by atoms with Gasteiger partial charge < -0.3 is 9.97 Å². The van der Waals surface area contributed by atoms with Gasteiger partial charge in [-0.2, -0.15) is 0 Å². The fourth-order valence-corrected chi connectivity index (χ4v) is 7.24. The summed E-state index contributed by atoms with van der Waals surface area (Å²) in [5, 5.41) is 8.52. The molecule has 0 saturated carbocycles. The zero-order chi connectivity index (χ0) is 33.4. The van der Waals surface area contributed by atoms with E-state index < -0.39 is 21.7 Å². The first kappa shape index (κ1) is 28.9.